The Balaban J connectivity index is 0.00000400. The third-order valence-electron chi connectivity index (χ3n) is 2.16. The number of nitrogens with zero attached hydrogens (tertiary/aromatic N) is 3. The van der Waals surface area contributed by atoms with Crippen LogP contribution in [0.4, 0.5) is 17.1 Å². The molecule has 0 amide bonds. The summed E-state index contributed by atoms with van der Waals surface area (Å²) in [6, 6.07) is 3.01. The second-order valence-corrected chi connectivity index (χ2v) is 4.82. The molecular weight excluding hydrogens is 314 g/mol. The molecule has 12 heteroatoms. The Morgan fingerprint density at radius 1 is 1.33 bits per heavy atom. The zero-order valence-corrected chi connectivity index (χ0v) is 14.2. The van der Waals surface area contributed by atoms with Gasteiger partial charge in [0.15, 0.2) is 0 Å². The van der Waals surface area contributed by atoms with E-state index in [1.165, 1.54) is 6.92 Å². The molecule has 0 aliphatic rings. The number of nitro groups is 2. The van der Waals surface area contributed by atoms with Crippen LogP contribution >= 0.6 is 8.03 Å². The Morgan fingerprint density at radius 2 is 1.95 bits per heavy atom. The normalized spacial score (nSPS) is 12.2. The van der Waals surface area contributed by atoms with Crippen LogP contribution in [-0.2, 0) is 4.57 Å². The van der Waals surface area contributed by atoms with E-state index in [2.05, 4.69) is 10.5 Å². The summed E-state index contributed by atoms with van der Waals surface area (Å²) in [5.74, 6) is 0. The number of nitro benzene ring substituents is 2. The van der Waals surface area contributed by atoms with E-state index in [9.17, 15) is 29.7 Å². The fraction of sp³-hybridized carbons (Fsp3) is 0.222. The van der Waals surface area contributed by atoms with Gasteiger partial charge >= 0.3 is 35.2 Å². The molecule has 0 bridgehead atoms. The van der Waals surface area contributed by atoms with Gasteiger partial charge in [-0.15, -0.1) is 0 Å². The molecule has 21 heavy (non-hydrogen) atoms. The zero-order chi connectivity index (χ0) is 15.3. The summed E-state index contributed by atoms with van der Waals surface area (Å²) in [5, 5.41) is 25.0. The van der Waals surface area contributed by atoms with E-state index in [0.717, 1.165) is 18.2 Å². The Hall–Kier alpha value is -1.32. The summed E-state index contributed by atoms with van der Waals surface area (Å²) in [7, 11) is -2.97. The van der Waals surface area contributed by atoms with Gasteiger partial charge in [-0.2, -0.15) is 5.10 Å². The van der Waals surface area contributed by atoms with Crippen LogP contribution in [0.15, 0.2) is 23.3 Å². The van der Waals surface area contributed by atoms with Crippen molar-refractivity contribution in [2.75, 3.05) is 11.6 Å². The number of benzene rings is 1. The van der Waals surface area contributed by atoms with Crippen molar-refractivity contribution < 1.29 is 48.9 Å². The van der Waals surface area contributed by atoms with E-state index in [-0.39, 0.29) is 47.1 Å². The Kier molecular flexibility index (Phi) is 8.30. The van der Waals surface area contributed by atoms with Crippen LogP contribution in [0.25, 0.3) is 0 Å². The molecule has 108 valence electrons. The largest absolute Gasteiger partial charge is 1.00 e. The average molecular weight is 324 g/mol. The van der Waals surface area contributed by atoms with Gasteiger partial charge in [0.05, 0.1) is 15.9 Å². The molecule has 0 radical (unpaired) electrons. The smallest absolute Gasteiger partial charge is 0.801 e. The number of nitrogens with one attached hydrogen (secondary N) is 1. The van der Waals surface area contributed by atoms with E-state index in [0.29, 0.717) is 0 Å². The van der Waals surface area contributed by atoms with Crippen LogP contribution in [0.1, 0.15) is 6.92 Å². The molecule has 0 spiro atoms. The second kappa shape index (κ2) is 8.85. The number of rotatable bonds is 6. The molecule has 0 fully saturated rings. The minimum atomic E-state index is -2.97. The third kappa shape index (κ3) is 6.32. The van der Waals surface area contributed by atoms with Crippen LogP contribution < -0.4 is 39.9 Å². The van der Waals surface area contributed by atoms with Gasteiger partial charge in [0.2, 0.25) is 0 Å². The number of anilines is 1. The molecule has 1 aromatic rings. The van der Waals surface area contributed by atoms with E-state index >= 15 is 0 Å². The summed E-state index contributed by atoms with van der Waals surface area (Å²) >= 11 is 0. The molecule has 0 aromatic heterocycles. The van der Waals surface area contributed by atoms with Gasteiger partial charge in [-0.1, -0.05) is 0 Å². The van der Waals surface area contributed by atoms with Crippen LogP contribution in [0, 0.1) is 20.2 Å². The van der Waals surface area contributed by atoms with E-state index in [1.807, 2.05) is 0 Å². The summed E-state index contributed by atoms with van der Waals surface area (Å²) in [6.07, 6.45) is -0.252. The molecule has 1 rings (SSSR count). The van der Waals surface area contributed by atoms with E-state index < -0.39 is 29.2 Å². The maximum Gasteiger partial charge on any atom is 1.00 e. The first-order valence-electron chi connectivity index (χ1n) is 5.23. The minimum Gasteiger partial charge on any atom is -0.801 e. The topological polar surface area (TPSA) is 151 Å². The molecule has 0 aliphatic carbocycles. The van der Waals surface area contributed by atoms with Gasteiger partial charge in [0.1, 0.15) is 5.69 Å². The van der Waals surface area contributed by atoms with Crippen LogP contribution in [0.5, 0.6) is 0 Å². The van der Waals surface area contributed by atoms with Crippen molar-refractivity contribution in [1.29, 1.82) is 0 Å². The van der Waals surface area contributed by atoms with Gasteiger partial charge in [0, 0.05) is 26.0 Å². The van der Waals surface area contributed by atoms with Crippen molar-refractivity contribution in [2.24, 2.45) is 5.10 Å². The molecule has 0 heterocycles. The summed E-state index contributed by atoms with van der Waals surface area (Å²) in [6.45, 7) is 1.44. The van der Waals surface area contributed by atoms with Gasteiger partial charge in [0.25, 0.3) is 5.69 Å². The molecule has 1 aromatic carbocycles. The maximum absolute atomic E-state index is 10.8. The standard InChI is InChI=1S/C9H11N4O6P.Na/c1-6(5-20(18)19)10-11-8-3-2-7(12(14)15)4-9(8)13(16)17;/h2-4,11,20H,5H2,1H3,(H,18,19);/q;+1/p-1. The molecule has 1 unspecified atom stereocenters. The SMILES string of the molecule is CC(C[PH](=O)[O-])=NNc1ccc([N+](=O)[O-])cc1[N+](=O)[O-].[Na+]. The van der Waals surface area contributed by atoms with Gasteiger partial charge in [-0.25, -0.2) is 0 Å². The minimum absolute atomic E-state index is 0. The van der Waals surface area contributed by atoms with Crippen molar-refractivity contribution in [3.8, 4) is 0 Å². The first-order chi connectivity index (χ1) is 9.31. The Labute approximate surface area is 141 Å². The van der Waals surface area contributed by atoms with Crippen molar-refractivity contribution in [3.63, 3.8) is 0 Å². The monoisotopic (exact) mass is 324 g/mol. The van der Waals surface area contributed by atoms with Crippen molar-refractivity contribution in [3.05, 3.63) is 38.4 Å². The summed E-state index contributed by atoms with van der Waals surface area (Å²) < 4.78 is 10.5. The van der Waals surface area contributed by atoms with Gasteiger partial charge < -0.3 is 9.46 Å². The molecule has 10 nitrogen and oxygen atoms in total. The van der Waals surface area contributed by atoms with Crippen molar-refractivity contribution >= 4 is 30.8 Å². The number of hydrazone groups is 1. The second-order valence-electron chi connectivity index (χ2n) is 3.72. The number of hydrogen-bond acceptors (Lipinski definition) is 8. The predicted octanol–water partition coefficient (Wildman–Crippen LogP) is -1.87. The van der Waals surface area contributed by atoms with E-state index in [1.54, 1.807) is 0 Å². The van der Waals surface area contributed by atoms with E-state index in [4.69, 9.17) is 0 Å². The molecular formula is C9H10N4NaO6P. The number of non-ortho nitro benzene ring substituents is 1. The Bertz CT molecular complexity index is 608. The fourth-order valence-electron chi connectivity index (χ4n) is 1.28. The zero-order valence-electron chi connectivity index (χ0n) is 11.2. The Morgan fingerprint density at radius 3 is 2.43 bits per heavy atom. The molecule has 1 atom stereocenters. The molecule has 1 N–H and O–H groups in total. The van der Waals surface area contributed by atoms with Crippen molar-refractivity contribution in [1.82, 2.24) is 0 Å². The van der Waals surface area contributed by atoms with Gasteiger partial charge in [-0.05, 0) is 13.0 Å². The first-order valence-corrected chi connectivity index (χ1v) is 6.75. The average Bonchev–Trinajstić information content (AvgIpc) is 2.35. The summed E-state index contributed by atoms with van der Waals surface area (Å²) in [4.78, 5) is 30.3. The van der Waals surface area contributed by atoms with Crippen LogP contribution in [0.3, 0.4) is 0 Å². The predicted molar refractivity (Wildman–Crippen MR) is 70.4 cm³/mol. The van der Waals surface area contributed by atoms with Crippen molar-refractivity contribution in [2.45, 2.75) is 6.92 Å². The molecule has 0 saturated carbocycles. The quantitative estimate of drug-likeness (QED) is 0.211. The molecule has 0 aliphatic heterocycles. The number of hydrogen-bond donors (Lipinski definition) is 1. The third-order valence-corrected chi connectivity index (χ3v) is 2.96. The first kappa shape index (κ1) is 19.7. The fourth-order valence-corrected chi connectivity index (χ4v) is 1.78. The van der Waals surface area contributed by atoms with Crippen LogP contribution in [0.2, 0.25) is 0 Å². The van der Waals surface area contributed by atoms with Gasteiger partial charge in [-0.3, -0.25) is 25.7 Å². The summed E-state index contributed by atoms with van der Waals surface area (Å²) in [5.41, 5.74) is 1.54. The van der Waals surface area contributed by atoms with Crippen LogP contribution in [-0.4, -0.2) is 21.7 Å². The maximum atomic E-state index is 10.8. The molecule has 0 saturated heterocycles.